The zero-order valence-corrected chi connectivity index (χ0v) is 8.66. The van der Waals surface area contributed by atoms with Gasteiger partial charge in [-0.1, -0.05) is 42.9 Å². The summed E-state index contributed by atoms with van der Waals surface area (Å²) in [5.74, 6) is 0. The summed E-state index contributed by atoms with van der Waals surface area (Å²) >= 11 is 0. The first-order chi connectivity index (χ1) is 6.35. The summed E-state index contributed by atoms with van der Waals surface area (Å²) in [6.45, 7) is 4.36. The highest BCUT2D eigenvalue weighted by Crippen LogP contribution is 2.07. The molecule has 74 valence electrons. The molecule has 0 aromatic heterocycles. The van der Waals surface area contributed by atoms with E-state index in [1.807, 2.05) is 19.1 Å². The van der Waals surface area contributed by atoms with Crippen LogP contribution in [0.1, 0.15) is 33.1 Å². The first-order valence-electron chi connectivity index (χ1n) is 4.91. The van der Waals surface area contributed by atoms with Crippen molar-refractivity contribution in [2.45, 2.75) is 33.1 Å². The lowest BCUT2D eigenvalue weighted by Crippen LogP contribution is -1.87. The zero-order chi connectivity index (χ0) is 9.94. The van der Waals surface area contributed by atoms with E-state index in [9.17, 15) is 0 Å². The van der Waals surface area contributed by atoms with Crippen LogP contribution in [0.25, 0.3) is 0 Å². The van der Waals surface area contributed by atoms with E-state index in [0.29, 0.717) is 0 Å². The van der Waals surface area contributed by atoms with Crippen molar-refractivity contribution in [1.82, 2.24) is 0 Å². The highest BCUT2D eigenvalue weighted by molar-refractivity contribution is 5.15. The Bertz CT molecular complexity index is 187. The number of hydrogen-bond acceptors (Lipinski definition) is 1. The average Bonchev–Trinajstić information content (AvgIpc) is 2.14. The average molecular weight is 180 g/mol. The molecular formula is C12H20O. The van der Waals surface area contributed by atoms with Crippen LogP contribution < -0.4 is 0 Å². The molecule has 13 heavy (non-hydrogen) atoms. The van der Waals surface area contributed by atoms with Crippen molar-refractivity contribution < 1.29 is 5.11 Å². The Hall–Kier alpha value is -0.820. The third kappa shape index (κ3) is 7.54. The summed E-state index contributed by atoms with van der Waals surface area (Å²) in [6, 6.07) is 0. The van der Waals surface area contributed by atoms with Crippen LogP contribution in [0.5, 0.6) is 0 Å². The van der Waals surface area contributed by atoms with Gasteiger partial charge in [0.25, 0.3) is 0 Å². The highest BCUT2D eigenvalue weighted by Gasteiger charge is 1.91. The minimum atomic E-state index is 0.239. The van der Waals surface area contributed by atoms with Gasteiger partial charge >= 0.3 is 0 Å². The second-order valence-electron chi connectivity index (χ2n) is 2.91. The SMILES string of the molecule is C/C=C\C=C(\C/C=C\CC)CCO. The van der Waals surface area contributed by atoms with Gasteiger partial charge in [0.2, 0.25) is 0 Å². The van der Waals surface area contributed by atoms with Gasteiger partial charge in [0, 0.05) is 6.61 Å². The minimum absolute atomic E-state index is 0.239. The Morgan fingerprint density at radius 1 is 1.31 bits per heavy atom. The smallest absolute Gasteiger partial charge is 0.0468 e. The molecule has 0 bridgehead atoms. The summed E-state index contributed by atoms with van der Waals surface area (Å²) in [7, 11) is 0. The quantitative estimate of drug-likeness (QED) is 0.491. The fourth-order valence-electron chi connectivity index (χ4n) is 1.03. The summed E-state index contributed by atoms with van der Waals surface area (Å²) in [4.78, 5) is 0. The fraction of sp³-hybridized carbons (Fsp3) is 0.500. The van der Waals surface area contributed by atoms with Gasteiger partial charge < -0.3 is 5.11 Å². The molecule has 0 unspecified atom stereocenters. The number of aliphatic hydroxyl groups is 1. The lowest BCUT2D eigenvalue weighted by molar-refractivity contribution is 0.298. The van der Waals surface area contributed by atoms with Gasteiger partial charge in [-0.15, -0.1) is 0 Å². The molecule has 1 nitrogen and oxygen atoms in total. The first kappa shape index (κ1) is 12.2. The van der Waals surface area contributed by atoms with E-state index in [1.54, 1.807) is 0 Å². The first-order valence-corrected chi connectivity index (χ1v) is 4.91. The Morgan fingerprint density at radius 3 is 2.62 bits per heavy atom. The largest absolute Gasteiger partial charge is 0.396 e. The van der Waals surface area contributed by atoms with Gasteiger partial charge in [-0.05, 0) is 26.2 Å². The van der Waals surface area contributed by atoms with Crippen LogP contribution in [0.3, 0.4) is 0 Å². The number of hydrogen-bond donors (Lipinski definition) is 1. The molecule has 0 spiro atoms. The van der Waals surface area contributed by atoms with Gasteiger partial charge in [0.15, 0.2) is 0 Å². The van der Waals surface area contributed by atoms with Crippen molar-refractivity contribution >= 4 is 0 Å². The van der Waals surface area contributed by atoms with Crippen LogP contribution >= 0.6 is 0 Å². The molecule has 1 N–H and O–H groups in total. The molecule has 0 atom stereocenters. The van der Waals surface area contributed by atoms with Crippen LogP contribution in [0.2, 0.25) is 0 Å². The van der Waals surface area contributed by atoms with Crippen LogP contribution in [-0.4, -0.2) is 11.7 Å². The van der Waals surface area contributed by atoms with Gasteiger partial charge in [0.05, 0.1) is 0 Å². The lowest BCUT2D eigenvalue weighted by atomic mass is 10.1. The predicted octanol–water partition coefficient (Wildman–Crippen LogP) is 3.23. The monoisotopic (exact) mass is 180 g/mol. The summed E-state index contributed by atoms with van der Waals surface area (Å²) < 4.78 is 0. The van der Waals surface area contributed by atoms with E-state index < -0.39 is 0 Å². The zero-order valence-electron chi connectivity index (χ0n) is 8.66. The molecule has 0 aromatic carbocycles. The molecular weight excluding hydrogens is 160 g/mol. The van der Waals surface area contributed by atoms with E-state index in [-0.39, 0.29) is 6.61 Å². The van der Waals surface area contributed by atoms with Gasteiger partial charge in [-0.2, -0.15) is 0 Å². The molecule has 0 aromatic rings. The third-order valence-corrected chi connectivity index (χ3v) is 1.74. The number of allylic oxidation sites excluding steroid dienone is 5. The Balaban J connectivity index is 4.00. The van der Waals surface area contributed by atoms with Gasteiger partial charge in [0.1, 0.15) is 0 Å². The van der Waals surface area contributed by atoms with Gasteiger partial charge in [-0.3, -0.25) is 0 Å². The van der Waals surface area contributed by atoms with Crippen molar-refractivity contribution in [2.75, 3.05) is 6.61 Å². The van der Waals surface area contributed by atoms with E-state index >= 15 is 0 Å². The Labute approximate surface area is 81.5 Å². The van der Waals surface area contributed by atoms with Crippen LogP contribution in [0.15, 0.2) is 36.0 Å². The van der Waals surface area contributed by atoms with Crippen molar-refractivity contribution in [3.05, 3.63) is 36.0 Å². The highest BCUT2D eigenvalue weighted by atomic mass is 16.2. The van der Waals surface area contributed by atoms with E-state index in [0.717, 1.165) is 19.3 Å². The predicted molar refractivity (Wildman–Crippen MR) is 58.6 cm³/mol. The molecule has 0 radical (unpaired) electrons. The van der Waals surface area contributed by atoms with E-state index in [4.69, 9.17) is 5.11 Å². The molecule has 0 heterocycles. The normalized spacial score (nSPS) is 13.3. The van der Waals surface area contributed by atoms with Crippen LogP contribution in [0, 0.1) is 0 Å². The summed E-state index contributed by atoms with van der Waals surface area (Å²) in [6.07, 6.45) is 13.2. The second-order valence-corrected chi connectivity index (χ2v) is 2.91. The maximum atomic E-state index is 8.80. The van der Waals surface area contributed by atoms with Crippen LogP contribution in [0.4, 0.5) is 0 Å². The van der Waals surface area contributed by atoms with Crippen molar-refractivity contribution in [3.63, 3.8) is 0 Å². The topological polar surface area (TPSA) is 20.2 Å². The maximum absolute atomic E-state index is 8.80. The summed E-state index contributed by atoms with van der Waals surface area (Å²) in [5.41, 5.74) is 1.28. The summed E-state index contributed by atoms with van der Waals surface area (Å²) in [5, 5.41) is 8.80. The molecule has 1 heteroatoms. The molecule has 0 saturated carbocycles. The van der Waals surface area contributed by atoms with Crippen molar-refractivity contribution in [2.24, 2.45) is 0 Å². The standard InChI is InChI=1S/C12H20O/c1-3-5-7-9-12(10-11-13)8-6-4-2/h4-8,13H,3,9-11H2,1-2H3/b6-4-,7-5-,12-8-. The van der Waals surface area contributed by atoms with E-state index in [1.165, 1.54) is 5.57 Å². The van der Waals surface area contributed by atoms with Crippen molar-refractivity contribution in [3.8, 4) is 0 Å². The minimum Gasteiger partial charge on any atom is -0.396 e. The molecule has 0 aliphatic heterocycles. The molecule has 0 aliphatic carbocycles. The number of aliphatic hydroxyl groups excluding tert-OH is 1. The van der Waals surface area contributed by atoms with Gasteiger partial charge in [-0.25, -0.2) is 0 Å². The molecule has 0 fully saturated rings. The molecule has 0 rings (SSSR count). The maximum Gasteiger partial charge on any atom is 0.0468 e. The Morgan fingerprint density at radius 2 is 2.08 bits per heavy atom. The number of rotatable bonds is 6. The lowest BCUT2D eigenvalue weighted by Gasteiger charge is -1.99. The second kappa shape index (κ2) is 9.27. The molecule has 0 aliphatic rings. The Kier molecular flexibility index (Phi) is 8.68. The fourth-order valence-corrected chi connectivity index (χ4v) is 1.03. The van der Waals surface area contributed by atoms with E-state index in [2.05, 4.69) is 25.2 Å². The molecule has 0 saturated heterocycles. The van der Waals surface area contributed by atoms with Crippen molar-refractivity contribution in [1.29, 1.82) is 0 Å². The third-order valence-electron chi connectivity index (χ3n) is 1.74. The molecule has 0 amide bonds. The van der Waals surface area contributed by atoms with Crippen LogP contribution in [-0.2, 0) is 0 Å².